The van der Waals surface area contributed by atoms with Gasteiger partial charge in [-0.25, -0.2) is 4.57 Å². The third kappa shape index (κ3) is 3.19. The maximum atomic E-state index is 9.08. The van der Waals surface area contributed by atoms with E-state index in [0.717, 1.165) is 45.7 Å². The fourth-order valence-corrected chi connectivity index (χ4v) is 6.63. The van der Waals surface area contributed by atoms with E-state index in [1.165, 1.54) is 33.3 Å². The molecule has 5 aromatic rings. The second-order valence-electron chi connectivity index (χ2n) is 12.4. The number of fused-ring (bicyclic) bond motifs is 6. The van der Waals surface area contributed by atoms with Gasteiger partial charge in [0.2, 0.25) is 5.69 Å². The molecule has 2 aromatic heterocycles. The summed E-state index contributed by atoms with van der Waals surface area (Å²) in [6.45, 7) is 15.7. The number of aromatic nitrogens is 1. The average molecular weight is 478 g/mol. The average Bonchev–Trinajstić information content (AvgIpc) is 3.20. The van der Waals surface area contributed by atoms with Gasteiger partial charge in [0.05, 0.1) is 5.56 Å². The molecule has 0 bridgehead atoms. The highest BCUT2D eigenvalue weighted by atomic mass is 16.3. The van der Waals surface area contributed by atoms with Gasteiger partial charge < -0.3 is 4.42 Å². The van der Waals surface area contributed by atoms with E-state index >= 15 is 0 Å². The van der Waals surface area contributed by atoms with Crippen LogP contribution in [-0.2, 0) is 17.9 Å². The van der Waals surface area contributed by atoms with Gasteiger partial charge in [0, 0.05) is 28.7 Å². The highest BCUT2D eigenvalue weighted by Gasteiger charge is 2.45. The number of benzene rings is 3. The number of hydrogen-bond donors (Lipinski definition) is 0. The van der Waals surface area contributed by atoms with E-state index < -0.39 is 5.89 Å². The van der Waals surface area contributed by atoms with Crippen molar-refractivity contribution >= 4 is 32.7 Å². The summed E-state index contributed by atoms with van der Waals surface area (Å²) in [4.78, 5) is 0. The van der Waals surface area contributed by atoms with Gasteiger partial charge in [0.15, 0.2) is 6.20 Å². The first kappa shape index (κ1) is 22.1. The minimum atomic E-state index is -0.690. The van der Waals surface area contributed by atoms with Crippen LogP contribution in [0.25, 0.3) is 44.0 Å². The molecule has 1 aliphatic carbocycles. The van der Waals surface area contributed by atoms with E-state index in [4.69, 9.17) is 5.79 Å². The Morgan fingerprint density at radius 3 is 2.19 bits per heavy atom. The summed E-state index contributed by atoms with van der Waals surface area (Å²) in [6, 6.07) is 17.3. The molecule has 0 saturated heterocycles. The SMILES string of the molecule is [2H]C(C)(C)c1c[n+](C)c(-c2c(C)ccc3c2oc2c4ccccc4ccc32)c2c1C(C)(C)CCC2(C)C. The largest absolute Gasteiger partial charge is 0.454 e. The van der Waals surface area contributed by atoms with Crippen LogP contribution < -0.4 is 4.57 Å². The molecule has 0 aliphatic heterocycles. The summed E-state index contributed by atoms with van der Waals surface area (Å²) < 4.78 is 18.2. The minimum absolute atomic E-state index is 0.00655. The lowest BCUT2D eigenvalue weighted by atomic mass is 9.60. The van der Waals surface area contributed by atoms with Gasteiger partial charge in [0.1, 0.15) is 18.2 Å². The summed E-state index contributed by atoms with van der Waals surface area (Å²) >= 11 is 0. The molecule has 3 aromatic carbocycles. The van der Waals surface area contributed by atoms with Gasteiger partial charge in [-0.1, -0.05) is 84.0 Å². The predicted molar refractivity (Wildman–Crippen MR) is 152 cm³/mol. The van der Waals surface area contributed by atoms with Gasteiger partial charge in [-0.05, 0) is 59.1 Å². The Morgan fingerprint density at radius 1 is 0.833 bits per heavy atom. The Morgan fingerprint density at radius 2 is 1.47 bits per heavy atom. The Labute approximate surface area is 216 Å². The van der Waals surface area contributed by atoms with Crippen molar-refractivity contribution in [3.05, 3.63) is 77.0 Å². The summed E-state index contributed by atoms with van der Waals surface area (Å²) in [5.74, 6) is -0.690. The molecule has 2 heteroatoms. The van der Waals surface area contributed by atoms with Gasteiger partial charge in [-0.2, -0.15) is 0 Å². The monoisotopic (exact) mass is 477 g/mol. The Bertz CT molecular complexity index is 1730. The van der Waals surface area contributed by atoms with Crippen LogP contribution in [0.3, 0.4) is 0 Å². The summed E-state index contributed by atoms with van der Waals surface area (Å²) in [5, 5.41) is 4.67. The smallest absolute Gasteiger partial charge is 0.220 e. The van der Waals surface area contributed by atoms with Crippen molar-refractivity contribution in [1.29, 1.82) is 0 Å². The molecule has 0 N–H and O–H groups in total. The molecular weight excluding hydrogens is 438 g/mol. The molecule has 36 heavy (non-hydrogen) atoms. The summed E-state index contributed by atoms with van der Waals surface area (Å²) in [6.07, 6.45) is 4.45. The first-order valence-electron chi connectivity index (χ1n) is 13.7. The lowest BCUT2D eigenvalue weighted by molar-refractivity contribution is -0.661. The fourth-order valence-electron chi connectivity index (χ4n) is 6.63. The molecule has 0 saturated carbocycles. The van der Waals surface area contributed by atoms with E-state index in [9.17, 15) is 0 Å². The molecule has 0 radical (unpaired) electrons. The maximum absolute atomic E-state index is 9.08. The van der Waals surface area contributed by atoms with Gasteiger partial charge in [0.25, 0.3) is 0 Å². The molecule has 0 spiro atoms. The minimum Gasteiger partial charge on any atom is -0.454 e. The first-order chi connectivity index (χ1) is 17.3. The maximum Gasteiger partial charge on any atom is 0.220 e. The van der Waals surface area contributed by atoms with Crippen LogP contribution in [0.15, 0.2) is 59.1 Å². The second kappa shape index (κ2) is 7.68. The molecule has 184 valence electrons. The summed E-state index contributed by atoms with van der Waals surface area (Å²) in [5.41, 5.74) is 9.38. The van der Waals surface area contributed by atoms with E-state index in [1.54, 1.807) is 0 Å². The zero-order chi connectivity index (χ0) is 26.5. The van der Waals surface area contributed by atoms with Crippen LogP contribution in [0.1, 0.15) is 83.9 Å². The van der Waals surface area contributed by atoms with Crippen LogP contribution in [0.2, 0.25) is 0 Å². The van der Waals surface area contributed by atoms with Crippen molar-refractivity contribution in [1.82, 2.24) is 0 Å². The van der Waals surface area contributed by atoms with Crippen LogP contribution in [0, 0.1) is 6.92 Å². The van der Waals surface area contributed by atoms with Crippen molar-refractivity contribution < 1.29 is 10.4 Å². The first-order valence-corrected chi connectivity index (χ1v) is 13.2. The molecule has 6 rings (SSSR count). The van der Waals surface area contributed by atoms with Crippen molar-refractivity contribution in [3.63, 3.8) is 0 Å². The number of pyridine rings is 1. The Kier molecular flexibility index (Phi) is 4.72. The van der Waals surface area contributed by atoms with Gasteiger partial charge >= 0.3 is 0 Å². The third-order valence-corrected chi connectivity index (χ3v) is 8.68. The number of rotatable bonds is 2. The van der Waals surface area contributed by atoms with Crippen molar-refractivity contribution in [2.24, 2.45) is 7.05 Å². The standard InChI is InChI=1S/C34H38NO/c1-20(2)26-19-35(8)30(29-28(26)33(4,5)17-18-34(29,6)7)27-21(3)13-15-25-24-16-14-22-11-9-10-12-23(22)31(24)36-32(25)27/h9-16,19-20H,17-18H2,1-8H3/q+1/i20D. The van der Waals surface area contributed by atoms with Crippen molar-refractivity contribution in [2.75, 3.05) is 0 Å². The molecule has 0 atom stereocenters. The Hall–Kier alpha value is -3.13. The van der Waals surface area contributed by atoms with Gasteiger partial charge in [-0.15, -0.1) is 0 Å². The second-order valence-corrected chi connectivity index (χ2v) is 12.4. The quantitative estimate of drug-likeness (QED) is 0.232. The highest BCUT2D eigenvalue weighted by molar-refractivity contribution is 6.17. The predicted octanol–water partition coefficient (Wildman–Crippen LogP) is 9.01. The number of nitrogens with zero attached hydrogens (tertiary/aromatic N) is 1. The molecule has 2 nitrogen and oxygen atoms in total. The topological polar surface area (TPSA) is 17.0 Å². The molecular formula is C34H38NO+. The number of hydrogen-bond acceptors (Lipinski definition) is 1. The van der Waals surface area contributed by atoms with E-state index in [-0.39, 0.29) is 10.8 Å². The van der Waals surface area contributed by atoms with E-state index in [0.29, 0.717) is 0 Å². The lowest BCUT2D eigenvalue weighted by Crippen LogP contribution is -2.43. The third-order valence-electron chi connectivity index (χ3n) is 8.68. The van der Waals surface area contributed by atoms with Crippen LogP contribution in [0.5, 0.6) is 0 Å². The molecule has 1 aliphatic rings. The normalized spacial score (nSPS) is 17.5. The van der Waals surface area contributed by atoms with Crippen LogP contribution >= 0.6 is 0 Å². The number of furan rings is 1. The van der Waals surface area contributed by atoms with E-state index in [2.05, 4.69) is 101 Å². The van der Waals surface area contributed by atoms with Crippen LogP contribution in [0.4, 0.5) is 0 Å². The zero-order valence-electron chi connectivity index (χ0n) is 24.0. The Balaban J connectivity index is 1.81. The number of aryl methyl sites for hydroxylation is 2. The molecule has 2 heterocycles. The van der Waals surface area contributed by atoms with Crippen LogP contribution in [-0.4, -0.2) is 0 Å². The van der Waals surface area contributed by atoms with Crippen molar-refractivity contribution in [2.45, 2.75) is 78.0 Å². The zero-order valence-corrected chi connectivity index (χ0v) is 23.0. The van der Waals surface area contributed by atoms with E-state index in [1.807, 2.05) is 13.8 Å². The van der Waals surface area contributed by atoms with Gasteiger partial charge in [-0.3, -0.25) is 0 Å². The lowest BCUT2D eigenvalue weighted by Gasteiger charge is -2.43. The molecule has 0 fully saturated rings. The molecule has 0 unspecified atom stereocenters. The molecule has 0 amide bonds. The highest BCUT2D eigenvalue weighted by Crippen LogP contribution is 2.52. The van der Waals surface area contributed by atoms with Crippen molar-refractivity contribution in [3.8, 4) is 11.3 Å². The fraction of sp³-hybridized carbons (Fsp3) is 0.382. The summed E-state index contributed by atoms with van der Waals surface area (Å²) in [7, 11) is 2.15.